The molecule has 1 aliphatic heterocycles. The van der Waals surface area contributed by atoms with Crippen LogP contribution in [0.5, 0.6) is 0 Å². The van der Waals surface area contributed by atoms with E-state index in [1.54, 1.807) is 25.1 Å². The van der Waals surface area contributed by atoms with Gasteiger partial charge in [-0.05, 0) is 31.9 Å². The minimum Gasteiger partial charge on any atom is -0.372 e. The van der Waals surface area contributed by atoms with Gasteiger partial charge in [0.2, 0.25) is 5.91 Å². The van der Waals surface area contributed by atoms with Crippen LogP contribution in [0, 0.1) is 11.7 Å². The molecule has 1 amide bonds. The zero-order valence-electron chi connectivity index (χ0n) is 13.6. The number of anilines is 1. The van der Waals surface area contributed by atoms with Crippen LogP contribution in [0.1, 0.15) is 19.8 Å². The minimum atomic E-state index is -0.284. The van der Waals surface area contributed by atoms with Gasteiger partial charge in [-0.3, -0.25) is 9.59 Å². The molecule has 1 heterocycles. The van der Waals surface area contributed by atoms with Crippen LogP contribution >= 0.6 is 0 Å². The summed E-state index contributed by atoms with van der Waals surface area (Å²) < 4.78 is 13.6. The number of carbonyl (C=O) groups excluding carboxylic acids is 2. The highest BCUT2D eigenvalue weighted by Crippen LogP contribution is 2.17. The number of rotatable bonds is 7. The SMILES string of the molecule is CC(=O)C1CNC(C(=O)NCCCN(C)c2ccccc2F)C1. The number of ketones is 1. The number of carbonyl (C=O) groups is 2. The van der Waals surface area contributed by atoms with Gasteiger partial charge >= 0.3 is 0 Å². The highest BCUT2D eigenvalue weighted by atomic mass is 19.1. The van der Waals surface area contributed by atoms with Crippen molar-refractivity contribution >= 4 is 17.4 Å². The highest BCUT2D eigenvalue weighted by molar-refractivity contribution is 5.85. The maximum atomic E-state index is 13.6. The van der Waals surface area contributed by atoms with E-state index in [4.69, 9.17) is 0 Å². The molecule has 0 bridgehead atoms. The van der Waals surface area contributed by atoms with Gasteiger partial charge < -0.3 is 15.5 Å². The van der Waals surface area contributed by atoms with Crippen molar-refractivity contribution in [2.45, 2.75) is 25.8 Å². The van der Waals surface area contributed by atoms with Gasteiger partial charge in [0.15, 0.2) is 0 Å². The van der Waals surface area contributed by atoms with Crippen molar-refractivity contribution in [1.82, 2.24) is 10.6 Å². The lowest BCUT2D eigenvalue weighted by molar-refractivity contribution is -0.123. The number of hydrogen-bond acceptors (Lipinski definition) is 4. The maximum absolute atomic E-state index is 13.6. The number of nitrogens with zero attached hydrogens (tertiary/aromatic N) is 1. The lowest BCUT2D eigenvalue weighted by atomic mass is 10.0. The number of halogens is 1. The molecule has 1 fully saturated rings. The molecular weight excluding hydrogens is 297 g/mol. The first kappa shape index (κ1) is 17.4. The van der Waals surface area contributed by atoms with Crippen molar-refractivity contribution < 1.29 is 14.0 Å². The molecule has 2 N–H and O–H groups in total. The predicted octanol–water partition coefficient (Wildman–Crippen LogP) is 1.34. The Morgan fingerprint density at radius 2 is 2.13 bits per heavy atom. The smallest absolute Gasteiger partial charge is 0.237 e. The van der Waals surface area contributed by atoms with E-state index in [0.29, 0.717) is 31.7 Å². The van der Waals surface area contributed by atoms with Gasteiger partial charge in [0.25, 0.3) is 0 Å². The zero-order chi connectivity index (χ0) is 16.8. The summed E-state index contributed by atoms with van der Waals surface area (Å²) in [5, 5.41) is 5.95. The Morgan fingerprint density at radius 1 is 1.39 bits per heavy atom. The summed E-state index contributed by atoms with van der Waals surface area (Å²) in [6.07, 6.45) is 1.29. The van der Waals surface area contributed by atoms with Crippen molar-refractivity contribution in [3.8, 4) is 0 Å². The molecule has 0 aliphatic carbocycles. The topological polar surface area (TPSA) is 61.4 Å². The van der Waals surface area contributed by atoms with Crippen molar-refractivity contribution in [2.75, 3.05) is 31.6 Å². The van der Waals surface area contributed by atoms with Gasteiger partial charge in [-0.1, -0.05) is 12.1 Å². The number of para-hydroxylation sites is 1. The van der Waals surface area contributed by atoms with Crippen LogP contribution in [-0.4, -0.2) is 44.4 Å². The van der Waals surface area contributed by atoms with Crippen molar-refractivity contribution in [3.05, 3.63) is 30.1 Å². The van der Waals surface area contributed by atoms with Crippen molar-refractivity contribution in [3.63, 3.8) is 0 Å². The molecule has 5 nitrogen and oxygen atoms in total. The number of amides is 1. The number of hydrogen-bond donors (Lipinski definition) is 2. The van der Waals surface area contributed by atoms with E-state index in [0.717, 1.165) is 6.42 Å². The molecule has 0 saturated carbocycles. The molecule has 2 atom stereocenters. The summed E-state index contributed by atoms with van der Waals surface area (Å²) >= 11 is 0. The van der Waals surface area contributed by atoms with E-state index in [1.807, 2.05) is 11.9 Å². The first-order chi connectivity index (χ1) is 11.0. The molecule has 1 aromatic rings. The van der Waals surface area contributed by atoms with Crippen LogP contribution in [0.4, 0.5) is 10.1 Å². The Kier molecular flexibility index (Phi) is 6.10. The molecule has 1 aliphatic rings. The summed E-state index contributed by atoms with van der Waals surface area (Å²) in [4.78, 5) is 25.2. The number of benzene rings is 1. The third kappa shape index (κ3) is 4.76. The van der Waals surface area contributed by atoms with E-state index >= 15 is 0 Å². The standard InChI is InChI=1S/C17H24FN3O2/c1-12(22)13-10-15(20-11-13)17(23)19-8-5-9-21(2)16-7-4-3-6-14(16)18/h3-4,6-7,13,15,20H,5,8-11H2,1-2H3,(H,19,23). The van der Waals surface area contributed by atoms with Gasteiger partial charge in [-0.15, -0.1) is 0 Å². The van der Waals surface area contributed by atoms with Crippen LogP contribution in [0.3, 0.4) is 0 Å². The molecule has 0 radical (unpaired) electrons. The number of Topliss-reactive ketones (excluding diaryl/α,β-unsaturated/α-hetero) is 1. The van der Waals surface area contributed by atoms with E-state index in [-0.39, 0.29) is 29.5 Å². The van der Waals surface area contributed by atoms with E-state index in [9.17, 15) is 14.0 Å². The largest absolute Gasteiger partial charge is 0.372 e. The average molecular weight is 321 g/mol. The Labute approximate surface area is 136 Å². The highest BCUT2D eigenvalue weighted by Gasteiger charge is 2.31. The number of nitrogens with one attached hydrogen (secondary N) is 2. The van der Waals surface area contributed by atoms with Gasteiger partial charge in [-0.2, -0.15) is 0 Å². The second-order valence-electron chi connectivity index (χ2n) is 6.02. The fourth-order valence-corrected chi connectivity index (χ4v) is 2.78. The molecule has 0 spiro atoms. The third-order valence-electron chi connectivity index (χ3n) is 4.26. The Bertz CT molecular complexity index is 565. The Hall–Kier alpha value is -1.95. The normalized spacial score (nSPS) is 20.3. The van der Waals surface area contributed by atoms with E-state index in [1.165, 1.54) is 6.07 Å². The van der Waals surface area contributed by atoms with Crippen LogP contribution in [0.15, 0.2) is 24.3 Å². The second-order valence-corrected chi connectivity index (χ2v) is 6.02. The molecule has 126 valence electrons. The quantitative estimate of drug-likeness (QED) is 0.744. The monoisotopic (exact) mass is 321 g/mol. The fourth-order valence-electron chi connectivity index (χ4n) is 2.78. The Balaban J connectivity index is 1.68. The summed E-state index contributed by atoms with van der Waals surface area (Å²) in [6.45, 7) is 3.31. The molecule has 1 saturated heterocycles. The summed E-state index contributed by atoms with van der Waals surface area (Å²) in [6, 6.07) is 6.35. The van der Waals surface area contributed by atoms with Crippen LogP contribution < -0.4 is 15.5 Å². The molecular formula is C17H24FN3O2. The molecule has 6 heteroatoms. The van der Waals surface area contributed by atoms with E-state index < -0.39 is 0 Å². The lowest BCUT2D eigenvalue weighted by Crippen LogP contribution is -2.41. The van der Waals surface area contributed by atoms with Gasteiger partial charge in [0, 0.05) is 32.6 Å². The molecule has 23 heavy (non-hydrogen) atoms. The Morgan fingerprint density at radius 3 is 2.78 bits per heavy atom. The minimum absolute atomic E-state index is 0.0575. The van der Waals surface area contributed by atoms with Gasteiger partial charge in [0.1, 0.15) is 11.6 Å². The van der Waals surface area contributed by atoms with E-state index in [2.05, 4.69) is 10.6 Å². The summed E-state index contributed by atoms with van der Waals surface area (Å²) in [5.41, 5.74) is 0.556. The van der Waals surface area contributed by atoms with Crippen LogP contribution in [-0.2, 0) is 9.59 Å². The third-order valence-corrected chi connectivity index (χ3v) is 4.26. The van der Waals surface area contributed by atoms with Gasteiger partial charge in [0.05, 0.1) is 11.7 Å². The van der Waals surface area contributed by atoms with Crippen molar-refractivity contribution in [2.24, 2.45) is 5.92 Å². The molecule has 0 aromatic heterocycles. The average Bonchev–Trinajstić information content (AvgIpc) is 3.02. The second kappa shape index (κ2) is 8.06. The van der Waals surface area contributed by atoms with Crippen LogP contribution in [0.2, 0.25) is 0 Å². The molecule has 1 aromatic carbocycles. The first-order valence-electron chi connectivity index (χ1n) is 7.96. The van der Waals surface area contributed by atoms with Gasteiger partial charge in [-0.25, -0.2) is 4.39 Å². The summed E-state index contributed by atoms with van der Waals surface area (Å²) in [7, 11) is 1.83. The first-order valence-corrected chi connectivity index (χ1v) is 7.96. The molecule has 2 unspecified atom stereocenters. The van der Waals surface area contributed by atoms with Crippen LogP contribution in [0.25, 0.3) is 0 Å². The zero-order valence-corrected chi connectivity index (χ0v) is 13.6. The lowest BCUT2D eigenvalue weighted by Gasteiger charge is -2.20. The molecule has 2 rings (SSSR count). The van der Waals surface area contributed by atoms with Crippen molar-refractivity contribution in [1.29, 1.82) is 0 Å². The predicted molar refractivity (Wildman–Crippen MR) is 87.9 cm³/mol. The maximum Gasteiger partial charge on any atom is 0.237 e. The summed E-state index contributed by atoms with van der Waals surface area (Å²) in [5.74, 6) is -0.246. The fraction of sp³-hybridized carbons (Fsp3) is 0.529.